The Morgan fingerprint density at radius 2 is 1.95 bits per heavy atom. The van der Waals surface area contributed by atoms with Crippen LogP contribution in [0.25, 0.3) is 0 Å². The molecule has 0 saturated heterocycles. The molecule has 1 N–H and O–H groups in total. The maximum absolute atomic E-state index is 9.87. The molecule has 0 heterocycles. The number of ether oxygens (including phenoxy) is 2. The predicted octanol–water partition coefficient (Wildman–Crippen LogP) is 3.95. The van der Waals surface area contributed by atoms with E-state index in [1.54, 1.807) is 14.0 Å². The van der Waals surface area contributed by atoms with Gasteiger partial charge in [-0.05, 0) is 50.2 Å². The molecule has 0 amide bonds. The first-order valence-corrected chi connectivity index (χ1v) is 7.54. The molecular weight excluding hydrogens is 252 g/mol. The van der Waals surface area contributed by atoms with Gasteiger partial charge in [0.2, 0.25) is 0 Å². The van der Waals surface area contributed by atoms with Gasteiger partial charge in [0, 0.05) is 11.6 Å². The molecular formula is C17H26O3. The zero-order chi connectivity index (χ0) is 14.7. The van der Waals surface area contributed by atoms with Crippen LogP contribution in [0.2, 0.25) is 0 Å². The van der Waals surface area contributed by atoms with Crippen molar-refractivity contribution in [2.75, 3.05) is 7.11 Å². The zero-order valence-corrected chi connectivity index (χ0v) is 12.9. The van der Waals surface area contributed by atoms with Gasteiger partial charge in [-0.15, -0.1) is 0 Å². The van der Waals surface area contributed by atoms with E-state index < -0.39 is 6.10 Å². The maximum Gasteiger partial charge on any atom is 0.129 e. The second kappa shape index (κ2) is 6.49. The SMILES string of the molecule is COc1ccc([C@H](C)O)c(OC2CCC(C)C(C)C2)c1. The monoisotopic (exact) mass is 278 g/mol. The molecule has 112 valence electrons. The van der Waals surface area contributed by atoms with Crippen molar-refractivity contribution in [1.29, 1.82) is 0 Å². The highest BCUT2D eigenvalue weighted by Gasteiger charge is 2.26. The van der Waals surface area contributed by atoms with Gasteiger partial charge < -0.3 is 14.6 Å². The molecule has 2 rings (SSSR count). The van der Waals surface area contributed by atoms with Gasteiger partial charge in [0.05, 0.1) is 19.3 Å². The van der Waals surface area contributed by atoms with Crippen LogP contribution in [0.1, 0.15) is 51.7 Å². The topological polar surface area (TPSA) is 38.7 Å². The smallest absolute Gasteiger partial charge is 0.129 e. The van der Waals surface area contributed by atoms with Gasteiger partial charge in [0.1, 0.15) is 11.5 Å². The number of aliphatic hydroxyl groups excluding tert-OH is 1. The van der Waals surface area contributed by atoms with Crippen molar-refractivity contribution in [3.63, 3.8) is 0 Å². The van der Waals surface area contributed by atoms with E-state index >= 15 is 0 Å². The first kappa shape index (κ1) is 15.2. The molecule has 1 aromatic carbocycles. The minimum atomic E-state index is -0.532. The van der Waals surface area contributed by atoms with Gasteiger partial charge in [-0.3, -0.25) is 0 Å². The van der Waals surface area contributed by atoms with E-state index in [9.17, 15) is 5.11 Å². The minimum Gasteiger partial charge on any atom is -0.497 e. The Morgan fingerprint density at radius 3 is 2.55 bits per heavy atom. The van der Waals surface area contributed by atoms with Crippen LogP contribution in [0.15, 0.2) is 18.2 Å². The summed E-state index contributed by atoms with van der Waals surface area (Å²) in [7, 11) is 1.64. The summed E-state index contributed by atoms with van der Waals surface area (Å²) in [6.07, 6.45) is 3.08. The standard InChI is InChI=1S/C17H26O3/c1-11-5-6-15(9-12(11)2)20-17-10-14(19-4)7-8-16(17)13(3)18/h7-8,10-13,15,18H,5-6,9H2,1-4H3/t11?,12?,13-,15?/m0/s1. The number of methoxy groups -OCH3 is 1. The van der Waals surface area contributed by atoms with Crippen LogP contribution in [0.4, 0.5) is 0 Å². The molecule has 3 unspecified atom stereocenters. The summed E-state index contributed by atoms with van der Waals surface area (Å²) in [6, 6.07) is 5.62. The molecule has 1 aliphatic rings. The summed E-state index contributed by atoms with van der Waals surface area (Å²) in [5, 5.41) is 9.87. The van der Waals surface area contributed by atoms with Crippen molar-refractivity contribution in [3.05, 3.63) is 23.8 Å². The molecule has 3 heteroatoms. The maximum atomic E-state index is 9.87. The summed E-state index contributed by atoms with van der Waals surface area (Å²) in [6.45, 7) is 6.37. The van der Waals surface area contributed by atoms with E-state index in [0.29, 0.717) is 5.92 Å². The van der Waals surface area contributed by atoms with Crippen molar-refractivity contribution < 1.29 is 14.6 Å². The van der Waals surface area contributed by atoms with E-state index in [1.807, 2.05) is 18.2 Å². The lowest BCUT2D eigenvalue weighted by molar-refractivity contribution is 0.0955. The molecule has 0 aromatic heterocycles. The van der Waals surface area contributed by atoms with Crippen molar-refractivity contribution in [2.45, 2.75) is 52.2 Å². The third-order valence-corrected chi connectivity index (χ3v) is 4.51. The van der Waals surface area contributed by atoms with Crippen LogP contribution >= 0.6 is 0 Å². The average molecular weight is 278 g/mol. The summed E-state index contributed by atoms with van der Waals surface area (Å²) in [4.78, 5) is 0. The molecule has 0 spiro atoms. The molecule has 0 aliphatic heterocycles. The van der Waals surface area contributed by atoms with Gasteiger partial charge in [-0.25, -0.2) is 0 Å². The van der Waals surface area contributed by atoms with Crippen LogP contribution in [0.5, 0.6) is 11.5 Å². The summed E-state index contributed by atoms with van der Waals surface area (Å²) in [5.74, 6) is 2.98. The van der Waals surface area contributed by atoms with E-state index in [2.05, 4.69) is 13.8 Å². The fourth-order valence-corrected chi connectivity index (χ4v) is 2.87. The predicted molar refractivity (Wildman–Crippen MR) is 80.2 cm³/mol. The zero-order valence-electron chi connectivity index (χ0n) is 12.9. The molecule has 1 saturated carbocycles. The van der Waals surface area contributed by atoms with E-state index in [4.69, 9.17) is 9.47 Å². The number of benzene rings is 1. The molecule has 1 fully saturated rings. The Hall–Kier alpha value is -1.22. The molecule has 4 atom stereocenters. The van der Waals surface area contributed by atoms with Crippen molar-refractivity contribution in [2.24, 2.45) is 11.8 Å². The lowest BCUT2D eigenvalue weighted by atomic mass is 9.80. The van der Waals surface area contributed by atoms with Crippen LogP contribution in [0.3, 0.4) is 0 Å². The van der Waals surface area contributed by atoms with Crippen LogP contribution in [0, 0.1) is 11.8 Å². The molecule has 1 aromatic rings. The Balaban J connectivity index is 2.15. The fraction of sp³-hybridized carbons (Fsp3) is 0.647. The van der Waals surface area contributed by atoms with Crippen LogP contribution in [-0.4, -0.2) is 18.3 Å². The van der Waals surface area contributed by atoms with Crippen LogP contribution in [-0.2, 0) is 0 Å². The highest BCUT2D eigenvalue weighted by Crippen LogP contribution is 2.35. The second-order valence-electron chi connectivity index (χ2n) is 6.09. The van der Waals surface area contributed by atoms with E-state index in [-0.39, 0.29) is 6.10 Å². The first-order valence-electron chi connectivity index (χ1n) is 7.54. The number of rotatable bonds is 4. The third kappa shape index (κ3) is 3.45. The van der Waals surface area contributed by atoms with Gasteiger partial charge in [0.15, 0.2) is 0 Å². The van der Waals surface area contributed by atoms with E-state index in [1.165, 1.54) is 6.42 Å². The second-order valence-corrected chi connectivity index (χ2v) is 6.09. The van der Waals surface area contributed by atoms with Crippen molar-refractivity contribution in [1.82, 2.24) is 0 Å². The van der Waals surface area contributed by atoms with Crippen molar-refractivity contribution >= 4 is 0 Å². The Bertz CT molecular complexity index is 442. The molecule has 3 nitrogen and oxygen atoms in total. The van der Waals surface area contributed by atoms with E-state index in [0.717, 1.165) is 35.8 Å². The molecule has 0 bridgehead atoms. The minimum absolute atomic E-state index is 0.241. The number of hydrogen-bond donors (Lipinski definition) is 1. The summed E-state index contributed by atoms with van der Waals surface area (Å²) in [5.41, 5.74) is 0.831. The Labute approximate surface area is 121 Å². The fourth-order valence-electron chi connectivity index (χ4n) is 2.87. The Morgan fingerprint density at radius 1 is 1.20 bits per heavy atom. The molecule has 0 radical (unpaired) electrons. The number of aliphatic hydroxyl groups is 1. The van der Waals surface area contributed by atoms with Gasteiger partial charge in [-0.1, -0.05) is 13.8 Å². The highest BCUT2D eigenvalue weighted by atomic mass is 16.5. The van der Waals surface area contributed by atoms with Gasteiger partial charge >= 0.3 is 0 Å². The van der Waals surface area contributed by atoms with Gasteiger partial charge in [0.25, 0.3) is 0 Å². The first-order chi connectivity index (χ1) is 9.51. The lowest BCUT2D eigenvalue weighted by Crippen LogP contribution is -2.29. The number of hydrogen-bond acceptors (Lipinski definition) is 3. The normalized spacial score (nSPS) is 27.9. The third-order valence-electron chi connectivity index (χ3n) is 4.51. The Kier molecular flexibility index (Phi) is 4.92. The quantitative estimate of drug-likeness (QED) is 0.906. The van der Waals surface area contributed by atoms with Crippen molar-refractivity contribution in [3.8, 4) is 11.5 Å². The highest BCUT2D eigenvalue weighted by molar-refractivity contribution is 5.42. The summed E-state index contributed by atoms with van der Waals surface area (Å²) < 4.78 is 11.4. The summed E-state index contributed by atoms with van der Waals surface area (Å²) >= 11 is 0. The largest absolute Gasteiger partial charge is 0.497 e. The lowest BCUT2D eigenvalue weighted by Gasteiger charge is -2.33. The molecule has 20 heavy (non-hydrogen) atoms. The van der Waals surface area contributed by atoms with Gasteiger partial charge in [-0.2, -0.15) is 0 Å². The molecule has 1 aliphatic carbocycles. The average Bonchev–Trinajstić information content (AvgIpc) is 2.42. The van der Waals surface area contributed by atoms with Crippen LogP contribution < -0.4 is 9.47 Å².